The zero-order chi connectivity index (χ0) is 22.1. The number of nitrogens with zero attached hydrogens (tertiary/aromatic N) is 1. The third-order valence-electron chi connectivity index (χ3n) is 5.28. The second-order valence-electron chi connectivity index (χ2n) is 7.40. The number of nitrogens with one attached hydrogen (secondary N) is 1. The summed E-state index contributed by atoms with van der Waals surface area (Å²) in [6.07, 6.45) is 0.701. The summed E-state index contributed by atoms with van der Waals surface area (Å²) in [6.45, 7) is 0.557. The van der Waals surface area contributed by atoms with Gasteiger partial charge in [0, 0.05) is 13.1 Å². The van der Waals surface area contributed by atoms with Crippen LogP contribution >= 0.6 is 0 Å². The van der Waals surface area contributed by atoms with Crippen LogP contribution in [0.25, 0.3) is 0 Å². The number of benzene rings is 2. The van der Waals surface area contributed by atoms with Gasteiger partial charge in [-0.25, -0.2) is 21.6 Å². The summed E-state index contributed by atoms with van der Waals surface area (Å²) >= 11 is 0. The van der Waals surface area contributed by atoms with Crippen LogP contribution in [0.5, 0.6) is 11.5 Å². The normalized spacial score (nSPS) is 18.7. The number of fused-ring (bicyclic) bond motifs is 1. The Morgan fingerprint density at radius 3 is 2.55 bits per heavy atom. The first-order valence-corrected chi connectivity index (χ1v) is 13.0. The van der Waals surface area contributed by atoms with Gasteiger partial charge >= 0.3 is 0 Å². The van der Waals surface area contributed by atoms with E-state index < -0.39 is 26.2 Å². The van der Waals surface area contributed by atoms with Crippen molar-refractivity contribution in [2.24, 2.45) is 0 Å². The van der Waals surface area contributed by atoms with E-state index in [1.165, 1.54) is 28.6 Å². The highest BCUT2D eigenvalue weighted by Gasteiger charge is 2.26. The molecule has 1 saturated heterocycles. The van der Waals surface area contributed by atoms with Crippen LogP contribution in [0.4, 0.5) is 5.69 Å². The summed E-state index contributed by atoms with van der Waals surface area (Å²) in [7, 11) is -7.15. The molecule has 168 valence electrons. The molecule has 0 radical (unpaired) electrons. The lowest BCUT2D eigenvalue weighted by atomic mass is 10.1. The maximum absolute atomic E-state index is 12.6. The fourth-order valence-corrected chi connectivity index (χ4v) is 6.26. The molecule has 9 nitrogen and oxygen atoms in total. The molecule has 0 aliphatic carbocycles. The number of anilines is 1. The van der Waals surface area contributed by atoms with Gasteiger partial charge in [-0.2, -0.15) is 0 Å². The largest absolute Gasteiger partial charge is 0.454 e. The van der Waals surface area contributed by atoms with Gasteiger partial charge < -0.3 is 14.6 Å². The van der Waals surface area contributed by atoms with Gasteiger partial charge in [-0.1, -0.05) is 6.07 Å². The van der Waals surface area contributed by atoms with Crippen LogP contribution in [0.1, 0.15) is 30.9 Å². The molecule has 1 fully saturated rings. The molecule has 0 bridgehead atoms. The van der Waals surface area contributed by atoms with Gasteiger partial charge in [-0.15, -0.1) is 0 Å². The van der Waals surface area contributed by atoms with E-state index in [0.717, 1.165) is 6.42 Å². The standard InChI is InChI=1S/C20H24N2O7S2/c23-18(15-3-8-19-20(13-15)29-14-28-19)9-10-21-31(26,27)17-6-4-16(5-7-17)22-11-1-2-12-30(22,24)25/h3-8,13,18,21,23H,1-2,9-12,14H2/t18-/m0/s1. The third-order valence-corrected chi connectivity index (χ3v) is 8.62. The molecule has 11 heteroatoms. The molecular weight excluding hydrogens is 444 g/mol. The Bertz CT molecular complexity index is 1150. The number of aliphatic hydroxyl groups is 1. The minimum atomic E-state index is -3.80. The molecule has 0 unspecified atom stereocenters. The van der Waals surface area contributed by atoms with Crippen molar-refractivity contribution in [3.8, 4) is 11.5 Å². The molecule has 2 aliphatic rings. The van der Waals surface area contributed by atoms with Crippen molar-refractivity contribution in [1.29, 1.82) is 0 Å². The summed E-state index contributed by atoms with van der Waals surface area (Å²) in [5.74, 6) is 1.26. The molecule has 2 aromatic rings. The number of hydrogen-bond donors (Lipinski definition) is 2. The summed E-state index contributed by atoms with van der Waals surface area (Å²) in [5, 5.41) is 10.4. The van der Waals surface area contributed by atoms with Crippen LogP contribution in [0.15, 0.2) is 47.4 Å². The second-order valence-corrected chi connectivity index (χ2v) is 11.2. The van der Waals surface area contributed by atoms with Crippen LogP contribution in [-0.4, -0.2) is 47.6 Å². The van der Waals surface area contributed by atoms with Crippen LogP contribution in [-0.2, 0) is 20.0 Å². The molecule has 2 heterocycles. The van der Waals surface area contributed by atoms with Crippen molar-refractivity contribution >= 4 is 25.7 Å². The Morgan fingerprint density at radius 1 is 1.06 bits per heavy atom. The monoisotopic (exact) mass is 468 g/mol. The van der Waals surface area contributed by atoms with Gasteiger partial charge in [0.25, 0.3) is 0 Å². The molecule has 0 saturated carbocycles. The van der Waals surface area contributed by atoms with Gasteiger partial charge in [0.2, 0.25) is 26.8 Å². The fourth-order valence-electron chi connectivity index (χ4n) is 3.57. The maximum atomic E-state index is 12.6. The Morgan fingerprint density at radius 2 is 1.81 bits per heavy atom. The van der Waals surface area contributed by atoms with Crippen molar-refractivity contribution < 1.29 is 31.4 Å². The summed E-state index contributed by atoms with van der Waals surface area (Å²) < 4.78 is 63.8. The van der Waals surface area contributed by atoms with Crippen molar-refractivity contribution in [3.63, 3.8) is 0 Å². The average Bonchev–Trinajstić information content (AvgIpc) is 3.21. The lowest BCUT2D eigenvalue weighted by Crippen LogP contribution is -2.37. The first-order valence-electron chi connectivity index (χ1n) is 9.94. The predicted octanol–water partition coefficient (Wildman–Crippen LogP) is 1.75. The van der Waals surface area contributed by atoms with E-state index in [2.05, 4.69) is 4.72 Å². The highest BCUT2D eigenvalue weighted by atomic mass is 32.2. The first-order chi connectivity index (χ1) is 14.8. The molecule has 2 aromatic carbocycles. The molecular formula is C20H24N2O7S2. The van der Waals surface area contributed by atoms with Gasteiger partial charge in [-0.3, -0.25) is 4.31 Å². The minimum Gasteiger partial charge on any atom is -0.454 e. The van der Waals surface area contributed by atoms with E-state index in [-0.39, 0.29) is 30.4 Å². The first kappa shape index (κ1) is 21.9. The van der Waals surface area contributed by atoms with E-state index in [9.17, 15) is 21.9 Å². The van der Waals surface area contributed by atoms with E-state index in [4.69, 9.17) is 9.47 Å². The predicted molar refractivity (Wildman–Crippen MR) is 114 cm³/mol. The van der Waals surface area contributed by atoms with E-state index >= 15 is 0 Å². The Hall–Kier alpha value is -2.34. The number of aliphatic hydroxyl groups excluding tert-OH is 1. The van der Waals surface area contributed by atoms with Crippen LogP contribution in [0.3, 0.4) is 0 Å². The molecule has 0 amide bonds. The molecule has 2 aliphatic heterocycles. The molecule has 2 N–H and O–H groups in total. The van der Waals surface area contributed by atoms with Crippen molar-refractivity contribution in [1.82, 2.24) is 4.72 Å². The van der Waals surface area contributed by atoms with Crippen LogP contribution in [0, 0.1) is 0 Å². The summed E-state index contributed by atoms with van der Waals surface area (Å²) in [4.78, 5) is 0.0308. The molecule has 31 heavy (non-hydrogen) atoms. The highest BCUT2D eigenvalue weighted by Crippen LogP contribution is 2.34. The topological polar surface area (TPSA) is 122 Å². The highest BCUT2D eigenvalue weighted by molar-refractivity contribution is 7.92. The number of ether oxygens (including phenoxy) is 2. The lowest BCUT2D eigenvalue weighted by molar-refractivity contribution is 0.166. The Kier molecular flexibility index (Phi) is 6.11. The zero-order valence-corrected chi connectivity index (χ0v) is 18.4. The fraction of sp³-hybridized carbons (Fsp3) is 0.400. The SMILES string of the molecule is O=S(=O)(NCC[C@H](O)c1ccc2c(c1)OCO2)c1ccc(N2CCCCS2(=O)=O)cc1. The van der Waals surface area contributed by atoms with Gasteiger partial charge in [0.1, 0.15) is 0 Å². The van der Waals surface area contributed by atoms with Crippen molar-refractivity contribution in [2.75, 3.05) is 29.9 Å². The van der Waals surface area contributed by atoms with Crippen molar-refractivity contribution in [3.05, 3.63) is 48.0 Å². The minimum absolute atomic E-state index is 0.0280. The molecule has 1 atom stereocenters. The number of hydrogen-bond acceptors (Lipinski definition) is 7. The van der Waals surface area contributed by atoms with Gasteiger partial charge in [0.05, 0.1) is 22.4 Å². The van der Waals surface area contributed by atoms with E-state index in [0.29, 0.717) is 35.7 Å². The van der Waals surface area contributed by atoms with Crippen molar-refractivity contribution in [2.45, 2.75) is 30.3 Å². The summed E-state index contributed by atoms with van der Waals surface area (Å²) in [6, 6.07) is 10.9. The molecule has 0 spiro atoms. The third kappa shape index (κ3) is 4.79. The number of rotatable bonds is 7. The zero-order valence-electron chi connectivity index (χ0n) is 16.7. The van der Waals surface area contributed by atoms with E-state index in [1.54, 1.807) is 18.2 Å². The van der Waals surface area contributed by atoms with Gasteiger partial charge in [-0.05, 0) is 61.2 Å². The van der Waals surface area contributed by atoms with Gasteiger partial charge in [0.15, 0.2) is 11.5 Å². The number of sulfonamides is 2. The van der Waals surface area contributed by atoms with E-state index in [1.807, 2.05) is 0 Å². The lowest BCUT2D eigenvalue weighted by Gasteiger charge is -2.28. The maximum Gasteiger partial charge on any atom is 0.240 e. The molecule has 0 aromatic heterocycles. The quantitative estimate of drug-likeness (QED) is 0.635. The Labute approximate surface area is 181 Å². The second kappa shape index (κ2) is 8.65. The molecule has 4 rings (SSSR count). The van der Waals surface area contributed by atoms with Crippen LogP contribution < -0.4 is 18.5 Å². The average molecular weight is 469 g/mol. The summed E-state index contributed by atoms with van der Waals surface area (Å²) in [5.41, 5.74) is 1.06. The van der Waals surface area contributed by atoms with Crippen LogP contribution in [0.2, 0.25) is 0 Å². The smallest absolute Gasteiger partial charge is 0.240 e. The Balaban J connectivity index is 1.36.